The molecule has 0 atom stereocenters. The molecule has 1 N–H and O–H groups in total. The van der Waals surface area contributed by atoms with E-state index in [0.29, 0.717) is 28.0 Å². The molecule has 0 radical (unpaired) electrons. The molecule has 2 aromatic heterocycles. The van der Waals surface area contributed by atoms with Crippen LogP contribution >= 0.6 is 0 Å². The van der Waals surface area contributed by atoms with Crippen LogP contribution in [0, 0.1) is 5.21 Å². The van der Waals surface area contributed by atoms with Gasteiger partial charge >= 0.3 is 0 Å². The highest BCUT2D eigenvalue weighted by molar-refractivity contribution is 5.99. The lowest BCUT2D eigenvalue weighted by Crippen LogP contribution is -2.24. The molecule has 0 aliphatic carbocycles. The minimum Gasteiger partial charge on any atom is -0.619 e. The molecule has 0 aliphatic heterocycles. The van der Waals surface area contributed by atoms with Crippen molar-refractivity contribution in [2.75, 3.05) is 7.11 Å². The van der Waals surface area contributed by atoms with E-state index in [4.69, 9.17) is 9.15 Å². The highest BCUT2D eigenvalue weighted by Crippen LogP contribution is 2.36. The fraction of sp³-hybridized carbons (Fsp3) is 0.105. The summed E-state index contributed by atoms with van der Waals surface area (Å²) in [6.45, 7) is -0.113. The predicted molar refractivity (Wildman–Crippen MR) is 90.6 cm³/mol. The van der Waals surface area contributed by atoms with Crippen LogP contribution in [0.15, 0.2) is 59.3 Å². The molecular formula is C19H15NO4. The molecule has 4 aromatic rings. The number of furan rings is 1. The lowest BCUT2D eigenvalue weighted by molar-refractivity contribution is -0.603. The van der Waals surface area contributed by atoms with E-state index in [-0.39, 0.29) is 6.61 Å². The van der Waals surface area contributed by atoms with Crippen molar-refractivity contribution in [3.8, 4) is 17.1 Å². The van der Waals surface area contributed by atoms with Gasteiger partial charge in [-0.05, 0) is 29.8 Å². The van der Waals surface area contributed by atoms with Gasteiger partial charge in [0.05, 0.1) is 24.7 Å². The number of fused-ring (bicyclic) bond motifs is 2. The Morgan fingerprint density at radius 2 is 1.96 bits per heavy atom. The van der Waals surface area contributed by atoms with Crippen molar-refractivity contribution in [1.29, 1.82) is 0 Å². The molecule has 0 fully saturated rings. The van der Waals surface area contributed by atoms with Crippen LogP contribution < -0.4 is 9.47 Å². The van der Waals surface area contributed by atoms with Crippen LogP contribution in [-0.2, 0) is 6.61 Å². The molecule has 0 saturated carbocycles. The van der Waals surface area contributed by atoms with Crippen LogP contribution in [0.3, 0.4) is 0 Å². The highest BCUT2D eigenvalue weighted by atomic mass is 16.5. The maximum atomic E-state index is 12.1. The van der Waals surface area contributed by atoms with E-state index in [1.54, 1.807) is 13.2 Å². The van der Waals surface area contributed by atoms with Crippen LogP contribution in [-0.4, -0.2) is 12.2 Å². The third-order valence-electron chi connectivity index (χ3n) is 4.10. The molecule has 2 aromatic carbocycles. The van der Waals surface area contributed by atoms with Gasteiger partial charge in [0.2, 0.25) is 0 Å². The standard InChI is InChI=1S/C19H15NO4/c1-23-18-7-12(11-21)6-14-15(18)9-20(22)10-16(14)19-8-13-4-2-3-5-17(13)24-19/h2-10,21H,11H2,1H3. The number of rotatable bonds is 3. The second-order valence-electron chi connectivity index (χ2n) is 5.60. The Bertz CT molecular complexity index is 1020. The van der Waals surface area contributed by atoms with Crippen molar-refractivity contribution in [1.82, 2.24) is 0 Å². The molecule has 4 rings (SSSR count). The average Bonchev–Trinajstić information content (AvgIpc) is 3.04. The summed E-state index contributed by atoms with van der Waals surface area (Å²) in [5, 5.41) is 24.0. The first kappa shape index (κ1) is 14.5. The van der Waals surface area contributed by atoms with Crippen molar-refractivity contribution in [2.45, 2.75) is 6.61 Å². The molecule has 120 valence electrons. The Morgan fingerprint density at radius 3 is 2.71 bits per heavy atom. The van der Waals surface area contributed by atoms with E-state index in [2.05, 4.69) is 0 Å². The monoisotopic (exact) mass is 321 g/mol. The quantitative estimate of drug-likeness (QED) is 0.464. The zero-order valence-corrected chi connectivity index (χ0v) is 13.0. The Balaban J connectivity index is 2.06. The van der Waals surface area contributed by atoms with Gasteiger partial charge in [0, 0.05) is 10.8 Å². The third-order valence-corrected chi connectivity index (χ3v) is 4.10. The number of para-hydroxylation sites is 1. The number of aliphatic hydroxyl groups is 1. The SMILES string of the molecule is COc1cc(CO)cc2c(-c3cc4ccccc4o3)c[n+]([O-])cc12. The van der Waals surface area contributed by atoms with Crippen LogP contribution in [0.5, 0.6) is 5.75 Å². The van der Waals surface area contributed by atoms with Crippen LogP contribution in [0.2, 0.25) is 0 Å². The molecule has 0 aliphatic rings. The predicted octanol–water partition coefficient (Wildman–Crippen LogP) is 3.39. The maximum absolute atomic E-state index is 12.1. The number of aromatic nitrogens is 1. The van der Waals surface area contributed by atoms with Gasteiger partial charge in [0.25, 0.3) is 0 Å². The van der Waals surface area contributed by atoms with Crippen molar-refractivity contribution in [3.63, 3.8) is 0 Å². The zero-order chi connectivity index (χ0) is 16.7. The number of methoxy groups -OCH3 is 1. The Kier molecular flexibility index (Phi) is 3.36. The van der Waals surface area contributed by atoms with Crippen molar-refractivity contribution in [2.24, 2.45) is 0 Å². The lowest BCUT2D eigenvalue weighted by atomic mass is 10.0. The first-order chi connectivity index (χ1) is 11.7. The smallest absolute Gasteiger partial charge is 0.192 e. The van der Waals surface area contributed by atoms with Crippen LogP contribution in [0.1, 0.15) is 5.56 Å². The Labute approximate surface area is 137 Å². The molecule has 0 spiro atoms. The average molecular weight is 321 g/mol. The largest absolute Gasteiger partial charge is 0.619 e. The van der Waals surface area contributed by atoms with Gasteiger partial charge in [0.1, 0.15) is 17.1 Å². The molecule has 24 heavy (non-hydrogen) atoms. The van der Waals surface area contributed by atoms with Gasteiger partial charge in [-0.1, -0.05) is 18.2 Å². The van der Waals surface area contributed by atoms with Gasteiger partial charge < -0.3 is 19.5 Å². The second kappa shape index (κ2) is 5.54. The van der Waals surface area contributed by atoms with Gasteiger partial charge in [-0.2, -0.15) is 4.73 Å². The number of hydrogen-bond acceptors (Lipinski definition) is 4. The normalized spacial score (nSPS) is 11.2. The molecule has 2 heterocycles. The van der Waals surface area contributed by atoms with Crippen molar-refractivity contribution in [3.05, 3.63) is 65.6 Å². The second-order valence-corrected chi connectivity index (χ2v) is 5.60. The topological polar surface area (TPSA) is 69.5 Å². The molecule has 0 bridgehead atoms. The summed E-state index contributed by atoms with van der Waals surface area (Å²) in [6, 6.07) is 13.2. The summed E-state index contributed by atoms with van der Waals surface area (Å²) < 4.78 is 12.0. The van der Waals surface area contributed by atoms with E-state index < -0.39 is 0 Å². The number of nitrogens with zero attached hydrogens (tertiary/aromatic N) is 1. The Hall–Kier alpha value is -3.05. The number of aliphatic hydroxyl groups excluding tert-OH is 1. The van der Waals surface area contributed by atoms with E-state index >= 15 is 0 Å². The van der Waals surface area contributed by atoms with Crippen LogP contribution in [0.4, 0.5) is 0 Å². The minimum atomic E-state index is -0.113. The fourth-order valence-electron chi connectivity index (χ4n) is 2.97. The molecule has 0 amide bonds. The first-order valence-electron chi connectivity index (χ1n) is 7.53. The molecule has 0 unspecified atom stereocenters. The van der Waals surface area contributed by atoms with E-state index in [1.807, 2.05) is 36.4 Å². The highest BCUT2D eigenvalue weighted by Gasteiger charge is 2.17. The Morgan fingerprint density at radius 1 is 1.12 bits per heavy atom. The van der Waals surface area contributed by atoms with E-state index in [9.17, 15) is 10.3 Å². The van der Waals surface area contributed by atoms with Crippen molar-refractivity contribution >= 4 is 21.7 Å². The van der Waals surface area contributed by atoms with Crippen LogP contribution in [0.25, 0.3) is 33.1 Å². The molecule has 5 nitrogen and oxygen atoms in total. The number of benzene rings is 2. The summed E-state index contributed by atoms with van der Waals surface area (Å²) in [5.41, 5.74) is 2.12. The number of pyridine rings is 1. The van der Waals surface area contributed by atoms with E-state index in [1.165, 1.54) is 12.4 Å². The van der Waals surface area contributed by atoms with Gasteiger partial charge in [0.15, 0.2) is 12.4 Å². The minimum absolute atomic E-state index is 0.113. The van der Waals surface area contributed by atoms with Gasteiger partial charge in [-0.3, -0.25) is 0 Å². The summed E-state index contributed by atoms with van der Waals surface area (Å²) >= 11 is 0. The zero-order valence-electron chi connectivity index (χ0n) is 13.0. The number of hydrogen-bond donors (Lipinski definition) is 1. The fourth-order valence-corrected chi connectivity index (χ4v) is 2.97. The lowest BCUT2D eigenvalue weighted by Gasteiger charge is -2.10. The summed E-state index contributed by atoms with van der Waals surface area (Å²) in [4.78, 5) is 0. The number of ether oxygens (including phenoxy) is 1. The molecular weight excluding hydrogens is 306 g/mol. The van der Waals surface area contributed by atoms with Crippen molar-refractivity contribution < 1.29 is 19.0 Å². The molecule has 0 saturated heterocycles. The summed E-state index contributed by atoms with van der Waals surface area (Å²) in [5.74, 6) is 1.14. The van der Waals surface area contributed by atoms with Gasteiger partial charge in [-0.25, -0.2) is 0 Å². The summed E-state index contributed by atoms with van der Waals surface area (Å²) in [7, 11) is 1.54. The maximum Gasteiger partial charge on any atom is 0.192 e. The van der Waals surface area contributed by atoms with E-state index in [0.717, 1.165) is 21.1 Å². The molecule has 5 heteroatoms. The third kappa shape index (κ3) is 2.26. The summed E-state index contributed by atoms with van der Waals surface area (Å²) in [6.07, 6.45) is 2.93. The van der Waals surface area contributed by atoms with Gasteiger partial charge in [-0.15, -0.1) is 0 Å². The first-order valence-corrected chi connectivity index (χ1v) is 7.53.